The highest BCUT2D eigenvalue weighted by atomic mass is 127. The van der Waals surface area contributed by atoms with Crippen LogP contribution in [0.2, 0.25) is 0 Å². The van der Waals surface area contributed by atoms with E-state index < -0.39 is 0 Å². The number of halogens is 1. The van der Waals surface area contributed by atoms with Crippen molar-refractivity contribution in [2.45, 2.75) is 51.4 Å². The van der Waals surface area contributed by atoms with Gasteiger partial charge in [0.25, 0.3) is 0 Å². The number of carbonyl (C=O) groups is 2. The van der Waals surface area contributed by atoms with Gasteiger partial charge in [-0.2, -0.15) is 0 Å². The first-order valence-electron chi connectivity index (χ1n) is 9.32. The van der Waals surface area contributed by atoms with E-state index in [1.807, 2.05) is 19.1 Å². The standard InChI is InChI=1S/C21H22INO3/c1-2-26-18-10-9-12(22)11-13(18)19-20-14(5-3-7-16(20)24)23-15-6-4-8-17(25)21(15)19/h9-11,19,23H,2-8H2,1H3. The molecule has 4 nitrogen and oxygen atoms in total. The molecule has 1 N–H and O–H groups in total. The maximum Gasteiger partial charge on any atom is 0.161 e. The number of benzene rings is 1. The molecule has 26 heavy (non-hydrogen) atoms. The molecule has 0 amide bonds. The van der Waals surface area contributed by atoms with E-state index in [-0.39, 0.29) is 17.5 Å². The minimum absolute atomic E-state index is 0.162. The number of hydrogen-bond donors (Lipinski definition) is 1. The van der Waals surface area contributed by atoms with Crippen molar-refractivity contribution in [1.29, 1.82) is 0 Å². The first-order chi connectivity index (χ1) is 12.6. The van der Waals surface area contributed by atoms with Crippen LogP contribution in [0.15, 0.2) is 40.7 Å². The Hall–Kier alpha value is -1.63. The Labute approximate surface area is 167 Å². The van der Waals surface area contributed by atoms with Gasteiger partial charge in [-0.05, 0) is 73.4 Å². The lowest BCUT2D eigenvalue weighted by Crippen LogP contribution is -2.36. The van der Waals surface area contributed by atoms with Crippen LogP contribution >= 0.6 is 22.6 Å². The van der Waals surface area contributed by atoms with E-state index in [2.05, 4.69) is 34.0 Å². The number of ether oxygens (including phenoxy) is 1. The van der Waals surface area contributed by atoms with Crippen molar-refractivity contribution in [2.75, 3.05) is 6.61 Å². The molecule has 1 aromatic carbocycles. The molecule has 3 aliphatic rings. The second-order valence-corrected chi connectivity index (χ2v) is 8.26. The largest absolute Gasteiger partial charge is 0.494 e. The summed E-state index contributed by atoms with van der Waals surface area (Å²) in [6.07, 6.45) is 4.60. The summed E-state index contributed by atoms with van der Waals surface area (Å²) in [6, 6.07) is 6.04. The Morgan fingerprint density at radius 1 is 1.04 bits per heavy atom. The van der Waals surface area contributed by atoms with E-state index in [0.29, 0.717) is 19.4 Å². The SMILES string of the molecule is CCOc1ccc(I)cc1C1C2=C(CCCC2=O)NC2=C1C(=O)CCC2. The summed E-state index contributed by atoms with van der Waals surface area (Å²) in [7, 11) is 0. The third-order valence-electron chi connectivity index (χ3n) is 5.37. The first kappa shape index (κ1) is 17.8. The molecular formula is C21H22INO3. The molecule has 0 unspecified atom stereocenters. The Kier molecular flexibility index (Phi) is 4.90. The molecule has 0 atom stereocenters. The lowest BCUT2D eigenvalue weighted by atomic mass is 9.71. The summed E-state index contributed by atoms with van der Waals surface area (Å²) in [6.45, 7) is 2.51. The average molecular weight is 463 g/mol. The van der Waals surface area contributed by atoms with E-state index in [4.69, 9.17) is 4.74 Å². The van der Waals surface area contributed by atoms with Gasteiger partial charge in [0.15, 0.2) is 11.6 Å². The van der Waals surface area contributed by atoms with Gasteiger partial charge in [-0.3, -0.25) is 9.59 Å². The fraction of sp³-hybridized carbons (Fsp3) is 0.429. The van der Waals surface area contributed by atoms with Crippen LogP contribution in [0.4, 0.5) is 0 Å². The third-order valence-corrected chi connectivity index (χ3v) is 6.05. The topological polar surface area (TPSA) is 55.4 Å². The zero-order chi connectivity index (χ0) is 18.3. The van der Waals surface area contributed by atoms with Crippen LogP contribution in [-0.2, 0) is 9.59 Å². The fourth-order valence-corrected chi connectivity index (χ4v) is 4.84. The van der Waals surface area contributed by atoms with E-state index in [0.717, 1.165) is 63.1 Å². The summed E-state index contributed by atoms with van der Waals surface area (Å²) >= 11 is 2.28. The Morgan fingerprint density at radius 3 is 2.23 bits per heavy atom. The van der Waals surface area contributed by atoms with Gasteiger partial charge in [0, 0.05) is 50.4 Å². The number of hydrogen-bond acceptors (Lipinski definition) is 4. The van der Waals surface area contributed by atoms with Gasteiger partial charge < -0.3 is 10.1 Å². The Morgan fingerprint density at radius 2 is 1.65 bits per heavy atom. The lowest BCUT2D eigenvalue weighted by Gasteiger charge is -2.37. The van der Waals surface area contributed by atoms with Crippen molar-refractivity contribution >= 4 is 34.2 Å². The molecule has 0 spiro atoms. The fourth-order valence-electron chi connectivity index (χ4n) is 4.33. The van der Waals surface area contributed by atoms with E-state index in [9.17, 15) is 9.59 Å². The molecule has 0 saturated carbocycles. The first-order valence-corrected chi connectivity index (χ1v) is 10.4. The quantitative estimate of drug-likeness (QED) is 0.676. The minimum atomic E-state index is -0.293. The van der Waals surface area contributed by atoms with Crippen molar-refractivity contribution in [1.82, 2.24) is 5.32 Å². The van der Waals surface area contributed by atoms with Crippen molar-refractivity contribution in [3.63, 3.8) is 0 Å². The molecule has 2 aliphatic carbocycles. The number of rotatable bonds is 3. The third kappa shape index (κ3) is 3.00. The summed E-state index contributed by atoms with van der Waals surface area (Å²) in [5.74, 6) is 0.804. The maximum atomic E-state index is 12.9. The van der Waals surface area contributed by atoms with Gasteiger partial charge in [-0.1, -0.05) is 0 Å². The molecule has 1 heterocycles. The van der Waals surface area contributed by atoms with Gasteiger partial charge in [0.05, 0.1) is 6.61 Å². The molecule has 1 aliphatic heterocycles. The lowest BCUT2D eigenvalue weighted by molar-refractivity contribution is -0.116. The van der Waals surface area contributed by atoms with Crippen LogP contribution in [0.1, 0.15) is 56.9 Å². The summed E-state index contributed by atoms with van der Waals surface area (Å²) in [4.78, 5) is 25.7. The van der Waals surface area contributed by atoms with Gasteiger partial charge in [-0.25, -0.2) is 0 Å². The smallest absolute Gasteiger partial charge is 0.161 e. The molecule has 0 radical (unpaired) electrons. The predicted molar refractivity (Wildman–Crippen MR) is 108 cm³/mol. The Balaban J connectivity index is 1.94. The molecule has 0 aromatic heterocycles. The second-order valence-electron chi connectivity index (χ2n) is 7.01. The van der Waals surface area contributed by atoms with Crippen molar-refractivity contribution in [3.8, 4) is 5.75 Å². The molecule has 5 heteroatoms. The van der Waals surface area contributed by atoms with Gasteiger partial charge in [-0.15, -0.1) is 0 Å². The highest BCUT2D eigenvalue weighted by Crippen LogP contribution is 2.47. The van der Waals surface area contributed by atoms with Crippen molar-refractivity contribution in [3.05, 3.63) is 49.9 Å². The maximum absolute atomic E-state index is 12.9. The number of dihydropyridines is 1. The van der Waals surface area contributed by atoms with Crippen LogP contribution in [0.25, 0.3) is 0 Å². The van der Waals surface area contributed by atoms with E-state index in [1.165, 1.54) is 0 Å². The highest BCUT2D eigenvalue weighted by Gasteiger charge is 2.41. The monoisotopic (exact) mass is 463 g/mol. The molecule has 1 aromatic rings. The van der Waals surface area contributed by atoms with Gasteiger partial charge in [0.1, 0.15) is 5.75 Å². The highest BCUT2D eigenvalue weighted by molar-refractivity contribution is 14.1. The predicted octanol–water partition coefficient (Wildman–Crippen LogP) is 4.39. The van der Waals surface area contributed by atoms with Crippen LogP contribution in [0, 0.1) is 3.57 Å². The van der Waals surface area contributed by atoms with Crippen LogP contribution in [-0.4, -0.2) is 18.2 Å². The summed E-state index contributed by atoms with van der Waals surface area (Å²) in [5, 5.41) is 3.46. The number of Topliss-reactive ketones (excluding diaryl/α,β-unsaturated/α-hetero) is 2. The van der Waals surface area contributed by atoms with Gasteiger partial charge in [0.2, 0.25) is 0 Å². The molecule has 0 fully saturated rings. The summed E-state index contributed by atoms with van der Waals surface area (Å²) < 4.78 is 6.96. The number of ketones is 2. The molecule has 4 rings (SSSR count). The zero-order valence-electron chi connectivity index (χ0n) is 14.9. The van der Waals surface area contributed by atoms with Crippen molar-refractivity contribution < 1.29 is 14.3 Å². The number of allylic oxidation sites excluding steroid dienone is 4. The van der Waals surface area contributed by atoms with Crippen LogP contribution in [0.5, 0.6) is 5.75 Å². The normalized spacial score (nSPS) is 20.7. The second kappa shape index (κ2) is 7.18. The van der Waals surface area contributed by atoms with Gasteiger partial charge >= 0.3 is 0 Å². The average Bonchev–Trinajstić information content (AvgIpc) is 2.62. The van der Waals surface area contributed by atoms with Crippen LogP contribution in [0.3, 0.4) is 0 Å². The molecule has 0 saturated heterocycles. The van der Waals surface area contributed by atoms with Crippen LogP contribution < -0.4 is 10.1 Å². The van der Waals surface area contributed by atoms with E-state index >= 15 is 0 Å². The number of carbonyl (C=O) groups excluding carboxylic acids is 2. The van der Waals surface area contributed by atoms with E-state index in [1.54, 1.807) is 0 Å². The molecular weight excluding hydrogens is 441 g/mol. The van der Waals surface area contributed by atoms with Crippen molar-refractivity contribution in [2.24, 2.45) is 0 Å². The summed E-state index contributed by atoms with van der Waals surface area (Å²) in [5.41, 5.74) is 4.55. The number of nitrogens with one attached hydrogen (secondary N) is 1. The zero-order valence-corrected chi connectivity index (χ0v) is 17.0. The Bertz CT molecular complexity index is 811. The molecule has 136 valence electrons. The molecule has 0 bridgehead atoms. The minimum Gasteiger partial charge on any atom is -0.494 e.